The molecular formula is C19H27N5O3. The largest absolute Gasteiger partial charge is 0.354 e. The summed E-state index contributed by atoms with van der Waals surface area (Å²) in [5.74, 6) is -0.464. The summed E-state index contributed by atoms with van der Waals surface area (Å²) in [6.45, 7) is 3.59. The van der Waals surface area contributed by atoms with Crippen LogP contribution in [0.3, 0.4) is 0 Å². The van der Waals surface area contributed by atoms with Crippen molar-refractivity contribution in [3.05, 3.63) is 30.1 Å². The minimum Gasteiger partial charge on any atom is -0.354 e. The standard InChI is InChI=1S/C19H27N5O3/c25-17(14-4-3-5-20-11-14)22-6-7-23-18(26)15-10-16(13-21-12-15)19(27)24-8-1-2-9-24/h3-5,11,15-16,21H,1-2,6-10,12-13H2,(H,22,25)(H,23,26)/t15-,16-/m0/s1. The zero-order valence-electron chi connectivity index (χ0n) is 15.4. The number of amides is 3. The number of nitrogens with zero attached hydrogens (tertiary/aromatic N) is 2. The van der Waals surface area contributed by atoms with Crippen LogP contribution in [0.4, 0.5) is 0 Å². The number of nitrogens with one attached hydrogen (secondary N) is 3. The molecule has 3 heterocycles. The zero-order valence-corrected chi connectivity index (χ0v) is 15.4. The zero-order chi connectivity index (χ0) is 19.1. The number of aromatic nitrogens is 1. The molecule has 1 aromatic heterocycles. The van der Waals surface area contributed by atoms with Crippen molar-refractivity contribution in [3.8, 4) is 0 Å². The van der Waals surface area contributed by atoms with Gasteiger partial charge in [-0.25, -0.2) is 0 Å². The van der Waals surface area contributed by atoms with Crippen LogP contribution in [0.2, 0.25) is 0 Å². The Morgan fingerprint density at radius 1 is 1.11 bits per heavy atom. The normalized spacial score (nSPS) is 22.3. The molecule has 27 heavy (non-hydrogen) atoms. The second-order valence-corrected chi connectivity index (χ2v) is 7.11. The van der Waals surface area contributed by atoms with E-state index in [1.807, 2.05) is 4.90 Å². The Bertz CT molecular complexity index is 661. The molecule has 2 atom stereocenters. The van der Waals surface area contributed by atoms with Crippen LogP contribution >= 0.6 is 0 Å². The smallest absolute Gasteiger partial charge is 0.252 e. The van der Waals surface area contributed by atoms with Gasteiger partial charge >= 0.3 is 0 Å². The van der Waals surface area contributed by atoms with E-state index in [1.165, 1.54) is 6.20 Å². The van der Waals surface area contributed by atoms with Gasteiger partial charge in [-0.2, -0.15) is 0 Å². The minimum atomic E-state index is -0.218. The SMILES string of the molecule is O=C(NCCNC(=O)[C@@H]1CNC[C@@H](C(=O)N2CCCC2)C1)c1cccnc1. The molecule has 8 heteroatoms. The van der Waals surface area contributed by atoms with Gasteiger partial charge in [0.15, 0.2) is 0 Å². The van der Waals surface area contributed by atoms with Crippen LogP contribution in [-0.2, 0) is 9.59 Å². The fourth-order valence-electron chi connectivity index (χ4n) is 3.63. The summed E-state index contributed by atoms with van der Waals surface area (Å²) >= 11 is 0. The molecule has 2 aliphatic rings. The molecule has 0 unspecified atom stereocenters. The second kappa shape index (κ2) is 9.45. The van der Waals surface area contributed by atoms with Gasteiger partial charge in [-0.3, -0.25) is 19.4 Å². The van der Waals surface area contributed by atoms with E-state index in [-0.39, 0.29) is 29.6 Å². The van der Waals surface area contributed by atoms with Crippen molar-refractivity contribution in [2.24, 2.45) is 11.8 Å². The summed E-state index contributed by atoms with van der Waals surface area (Å²) < 4.78 is 0. The number of carbonyl (C=O) groups excluding carboxylic acids is 3. The maximum absolute atomic E-state index is 12.5. The molecule has 3 amide bonds. The summed E-state index contributed by atoms with van der Waals surface area (Å²) in [7, 11) is 0. The monoisotopic (exact) mass is 373 g/mol. The van der Waals surface area contributed by atoms with E-state index in [4.69, 9.17) is 0 Å². The molecular weight excluding hydrogens is 346 g/mol. The van der Waals surface area contributed by atoms with Gasteiger partial charge in [0.1, 0.15) is 0 Å². The van der Waals surface area contributed by atoms with Gasteiger partial charge in [-0.05, 0) is 31.4 Å². The highest BCUT2D eigenvalue weighted by molar-refractivity contribution is 5.93. The second-order valence-electron chi connectivity index (χ2n) is 7.11. The number of pyridine rings is 1. The van der Waals surface area contributed by atoms with Crippen LogP contribution < -0.4 is 16.0 Å². The summed E-state index contributed by atoms with van der Waals surface area (Å²) in [5.41, 5.74) is 0.489. The summed E-state index contributed by atoms with van der Waals surface area (Å²) in [5, 5.41) is 8.82. The first-order chi connectivity index (χ1) is 13.1. The van der Waals surface area contributed by atoms with Crippen LogP contribution in [-0.4, -0.2) is 66.9 Å². The van der Waals surface area contributed by atoms with E-state index >= 15 is 0 Å². The molecule has 2 saturated heterocycles. The third-order valence-electron chi connectivity index (χ3n) is 5.12. The first-order valence-corrected chi connectivity index (χ1v) is 9.60. The van der Waals surface area contributed by atoms with Crippen molar-refractivity contribution < 1.29 is 14.4 Å². The Hall–Kier alpha value is -2.48. The van der Waals surface area contributed by atoms with E-state index in [1.54, 1.807) is 18.3 Å². The predicted octanol–water partition coefficient (Wildman–Crippen LogP) is -0.224. The number of likely N-dealkylation sites (tertiary alicyclic amines) is 1. The Morgan fingerprint density at radius 2 is 1.85 bits per heavy atom. The van der Waals surface area contributed by atoms with Crippen molar-refractivity contribution in [2.75, 3.05) is 39.3 Å². The molecule has 0 bridgehead atoms. The highest BCUT2D eigenvalue weighted by atomic mass is 16.2. The number of hydrogen-bond acceptors (Lipinski definition) is 5. The number of hydrogen-bond donors (Lipinski definition) is 3. The lowest BCUT2D eigenvalue weighted by Gasteiger charge is -2.31. The van der Waals surface area contributed by atoms with Crippen molar-refractivity contribution in [2.45, 2.75) is 19.3 Å². The summed E-state index contributed by atoms with van der Waals surface area (Å²) in [6.07, 6.45) is 5.83. The van der Waals surface area contributed by atoms with Gasteiger partial charge in [0.2, 0.25) is 11.8 Å². The molecule has 3 rings (SSSR count). The third kappa shape index (κ3) is 5.26. The molecule has 0 aliphatic carbocycles. The molecule has 146 valence electrons. The van der Waals surface area contributed by atoms with Crippen LogP contribution in [0, 0.1) is 11.8 Å². The van der Waals surface area contributed by atoms with Crippen molar-refractivity contribution >= 4 is 17.7 Å². The van der Waals surface area contributed by atoms with Gasteiger partial charge in [0.25, 0.3) is 5.91 Å². The van der Waals surface area contributed by atoms with E-state index in [0.29, 0.717) is 38.2 Å². The number of piperidine rings is 1. The maximum Gasteiger partial charge on any atom is 0.252 e. The molecule has 1 aromatic rings. The van der Waals surface area contributed by atoms with Crippen molar-refractivity contribution in [3.63, 3.8) is 0 Å². The lowest BCUT2D eigenvalue weighted by atomic mass is 9.89. The molecule has 2 aliphatic heterocycles. The lowest BCUT2D eigenvalue weighted by Crippen LogP contribution is -2.49. The first kappa shape index (κ1) is 19.3. The fraction of sp³-hybridized carbons (Fsp3) is 0.579. The highest BCUT2D eigenvalue weighted by Crippen LogP contribution is 2.21. The topological polar surface area (TPSA) is 103 Å². The summed E-state index contributed by atoms with van der Waals surface area (Å²) in [6, 6.07) is 3.39. The van der Waals surface area contributed by atoms with Gasteiger partial charge < -0.3 is 20.9 Å². The Balaban J connectivity index is 1.38. The van der Waals surface area contributed by atoms with E-state index in [2.05, 4.69) is 20.9 Å². The number of rotatable bonds is 6. The highest BCUT2D eigenvalue weighted by Gasteiger charge is 2.33. The van der Waals surface area contributed by atoms with Gasteiger partial charge in [0, 0.05) is 51.7 Å². The molecule has 3 N–H and O–H groups in total. The average molecular weight is 373 g/mol. The molecule has 0 saturated carbocycles. The van der Waals surface area contributed by atoms with Crippen LogP contribution in [0.15, 0.2) is 24.5 Å². The van der Waals surface area contributed by atoms with Gasteiger partial charge in [-0.15, -0.1) is 0 Å². The van der Waals surface area contributed by atoms with E-state index in [9.17, 15) is 14.4 Å². The molecule has 0 spiro atoms. The average Bonchev–Trinajstić information content (AvgIpc) is 3.26. The lowest BCUT2D eigenvalue weighted by molar-refractivity contribution is -0.136. The third-order valence-corrected chi connectivity index (χ3v) is 5.12. The van der Waals surface area contributed by atoms with Crippen LogP contribution in [0.25, 0.3) is 0 Å². The molecule has 0 radical (unpaired) electrons. The van der Waals surface area contributed by atoms with Crippen molar-refractivity contribution in [1.29, 1.82) is 0 Å². The minimum absolute atomic E-state index is 0.0722. The van der Waals surface area contributed by atoms with Crippen molar-refractivity contribution in [1.82, 2.24) is 25.8 Å². The number of carbonyl (C=O) groups is 3. The maximum atomic E-state index is 12.5. The molecule has 2 fully saturated rings. The fourth-order valence-corrected chi connectivity index (χ4v) is 3.63. The Labute approximate surface area is 159 Å². The molecule has 0 aromatic carbocycles. The predicted molar refractivity (Wildman–Crippen MR) is 99.9 cm³/mol. The summed E-state index contributed by atoms with van der Waals surface area (Å²) in [4.78, 5) is 42.7. The van der Waals surface area contributed by atoms with Crippen LogP contribution in [0.5, 0.6) is 0 Å². The van der Waals surface area contributed by atoms with E-state index < -0.39 is 0 Å². The Morgan fingerprint density at radius 3 is 2.59 bits per heavy atom. The van der Waals surface area contributed by atoms with Gasteiger partial charge in [-0.1, -0.05) is 0 Å². The van der Waals surface area contributed by atoms with Crippen LogP contribution in [0.1, 0.15) is 29.6 Å². The van der Waals surface area contributed by atoms with Gasteiger partial charge in [0.05, 0.1) is 17.4 Å². The quantitative estimate of drug-likeness (QED) is 0.598. The first-order valence-electron chi connectivity index (χ1n) is 9.60. The molecule has 8 nitrogen and oxygen atoms in total. The van der Waals surface area contributed by atoms with E-state index in [0.717, 1.165) is 25.9 Å². The Kier molecular flexibility index (Phi) is 6.75.